The number of nitrogens with one attached hydrogen (secondary N) is 1. The van der Waals surface area contributed by atoms with E-state index in [-0.39, 0.29) is 11.7 Å². The second-order valence-electron chi connectivity index (χ2n) is 5.31. The van der Waals surface area contributed by atoms with Crippen molar-refractivity contribution in [1.29, 1.82) is 0 Å². The Morgan fingerprint density at radius 1 is 1.32 bits per heavy atom. The lowest BCUT2D eigenvalue weighted by atomic mass is 10.1. The third-order valence-electron chi connectivity index (χ3n) is 3.98. The van der Waals surface area contributed by atoms with Gasteiger partial charge in [0.15, 0.2) is 0 Å². The first-order chi connectivity index (χ1) is 9.13. The molecule has 0 aromatic heterocycles. The van der Waals surface area contributed by atoms with Gasteiger partial charge in [-0.25, -0.2) is 4.39 Å². The van der Waals surface area contributed by atoms with E-state index < -0.39 is 0 Å². The van der Waals surface area contributed by atoms with Gasteiger partial charge in [-0.3, -0.25) is 4.79 Å². The summed E-state index contributed by atoms with van der Waals surface area (Å²) in [6.45, 7) is 1.50. The van der Waals surface area contributed by atoms with E-state index in [4.69, 9.17) is 0 Å². The van der Waals surface area contributed by atoms with Gasteiger partial charge in [0.25, 0.3) is 5.91 Å². The summed E-state index contributed by atoms with van der Waals surface area (Å²) in [4.78, 5) is 14.3. The highest BCUT2D eigenvalue weighted by Crippen LogP contribution is 2.22. The van der Waals surface area contributed by atoms with E-state index in [9.17, 15) is 9.18 Å². The van der Waals surface area contributed by atoms with Gasteiger partial charge in [0, 0.05) is 34.3 Å². The lowest BCUT2D eigenvalue weighted by Crippen LogP contribution is -2.39. The van der Waals surface area contributed by atoms with Crippen molar-refractivity contribution in [1.82, 2.24) is 10.2 Å². The summed E-state index contributed by atoms with van der Waals surface area (Å²) in [5.74, 6) is -0.370. The van der Waals surface area contributed by atoms with Gasteiger partial charge in [0.05, 0.1) is 0 Å². The smallest absolute Gasteiger partial charge is 0.254 e. The van der Waals surface area contributed by atoms with Crippen molar-refractivity contribution in [3.05, 3.63) is 33.1 Å². The molecule has 2 unspecified atom stereocenters. The average Bonchev–Trinajstić information content (AvgIpc) is 2.72. The van der Waals surface area contributed by atoms with Crippen molar-refractivity contribution in [2.75, 3.05) is 13.1 Å². The van der Waals surface area contributed by atoms with Crippen LogP contribution < -0.4 is 5.32 Å². The maximum Gasteiger partial charge on any atom is 0.254 e. The zero-order valence-corrected chi connectivity index (χ0v) is 12.7. The molecular weight excluding hydrogens is 358 g/mol. The normalized spacial score (nSPS) is 26.3. The molecule has 102 valence electrons. The van der Waals surface area contributed by atoms with Crippen molar-refractivity contribution < 1.29 is 9.18 Å². The highest BCUT2D eigenvalue weighted by molar-refractivity contribution is 14.1. The fraction of sp³-hybridized carbons (Fsp3) is 0.500. The Bertz CT molecular complexity index is 508. The summed E-state index contributed by atoms with van der Waals surface area (Å²) in [5.41, 5.74) is 0.454. The fourth-order valence-corrected chi connectivity index (χ4v) is 3.27. The fourth-order valence-electron chi connectivity index (χ4n) is 2.94. The third-order valence-corrected chi connectivity index (χ3v) is 4.85. The maximum atomic E-state index is 13.5. The molecule has 2 saturated heterocycles. The summed E-state index contributed by atoms with van der Waals surface area (Å²) in [6.07, 6.45) is 3.34. The molecule has 0 aliphatic carbocycles. The number of benzene rings is 1. The van der Waals surface area contributed by atoms with Crippen LogP contribution in [-0.2, 0) is 0 Å². The lowest BCUT2D eigenvalue weighted by Gasteiger charge is -2.24. The molecule has 3 nitrogen and oxygen atoms in total. The molecule has 2 bridgehead atoms. The first-order valence-corrected chi connectivity index (χ1v) is 7.72. The Labute approximate surface area is 125 Å². The van der Waals surface area contributed by atoms with E-state index in [1.165, 1.54) is 12.5 Å². The highest BCUT2D eigenvalue weighted by atomic mass is 127. The molecule has 19 heavy (non-hydrogen) atoms. The number of hydrogen-bond donors (Lipinski definition) is 1. The number of fused-ring (bicyclic) bond motifs is 2. The van der Waals surface area contributed by atoms with Gasteiger partial charge in [-0.1, -0.05) is 0 Å². The number of carbonyl (C=O) groups excluding carboxylic acids is 1. The van der Waals surface area contributed by atoms with Crippen molar-refractivity contribution in [3.63, 3.8) is 0 Å². The number of nitrogens with zero attached hydrogens (tertiary/aromatic N) is 1. The Morgan fingerprint density at radius 2 is 2.11 bits per heavy atom. The standard InChI is InChI=1S/C14H16FIN2O/c15-12-7-9(1-4-13(12)16)14(19)18-6-5-10-2-3-11(8-18)17-10/h1,4,7,10-11,17H,2-3,5-6,8H2. The summed E-state index contributed by atoms with van der Waals surface area (Å²) in [5, 5.41) is 3.54. The van der Waals surface area contributed by atoms with E-state index in [0.717, 1.165) is 25.9 Å². The minimum absolute atomic E-state index is 0.0512. The van der Waals surface area contributed by atoms with E-state index in [1.54, 1.807) is 12.1 Å². The summed E-state index contributed by atoms with van der Waals surface area (Å²) in [6, 6.07) is 5.68. The Kier molecular flexibility index (Phi) is 3.75. The maximum absolute atomic E-state index is 13.5. The molecule has 2 heterocycles. The molecule has 2 atom stereocenters. The Morgan fingerprint density at radius 3 is 2.89 bits per heavy atom. The van der Waals surface area contributed by atoms with Crippen LogP contribution in [-0.4, -0.2) is 36.0 Å². The predicted molar refractivity (Wildman–Crippen MR) is 79.6 cm³/mol. The van der Waals surface area contributed by atoms with Crippen molar-refractivity contribution in [2.45, 2.75) is 31.3 Å². The average molecular weight is 374 g/mol. The van der Waals surface area contributed by atoms with Crippen LogP contribution in [0.15, 0.2) is 18.2 Å². The van der Waals surface area contributed by atoms with E-state index >= 15 is 0 Å². The molecule has 0 spiro atoms. The first kappa shape index (κ1) is 13.3. The summed E-state index contributed by atoms with van der Waals surface area (Å²) >= 11 is 1.93. The van der Waals surface area contributed by atoms with Gasteiger partial charge in [-0.05, 0) is 60.1 Å². The molecule has 1 amide bonds. The minimum atomic E-state index is -0.319. The van der Waals surface area contributed by atoms with Gasteiger partial charge in [0.2, 0.25) is 0 Å². The minimum Gasteiger partial charge on any atom is -0.337 e. The van der Waals surface area contributed by atoms with Crippen LogP contribution >= 0.6 is 22.6 Å². The number of rotatable bonds is 1. The Hall–Kier alpha value is -0.690. The predicted octanol–water partition coefficient (Wildman–Crippen LogP) is 2.40. The number of halogens is 2. The second-order valence-corrected chi connectivity index (χ2v) is 6.47. The molecule has 2 fully saturated rings. The summed E-state index contributed by atoms with van der Waals surface area (Å²) < 4.78 is 14.1. The van der Waals surface area contributed by atoms with Crippen LogP contribution in [0.4, 0.5) is 4.39 Å². The van der Waals surface area contributed by atoms with Crippen LogP contribution in [0.2, 0.25) is 0 Å². The van der Waals surface area contributed by atoms with Crippen LogP contribution in [0.25, 0.3) is 0 Å². The van der Waals surface area contributed by atoms with Gasteiger partial charge in [-0.15, -0.1) is 0 Å². The van der Waals surface area contributed by atoms with Crippen LogP contribution in [0.3, 0.4) is 0 Å². The van der Waals surface area contributed by atoms with Gasteiger partial charge >= 0.3 is 0 Å². The van der Waals surface area contributed by atoms with Gasteiger partial charge < -0.3 is 10.2 Å². The van der Waals surface area contributed by atoms with Gasteiger partial charge in [-0.2, -0.15) is 0 Å². The number of amides is 1. The number of hydrogen-bond acceptors (Lipinski definition) is 2. The summed E-state index contributed by atoms with van der Waals surface area (Å²) in [7, 11) is 0. The van der Waals surface area contributed by atoms with Crippen LogP contribution in [0.1, 0.15) is 29.6 Å². The van der Waals surface area contributed by atoms with E-state index in [1.807, 2.05) is 27.5 Å². The van der Waals surface area contributed by atoms with Crippen LogP contribution in [0.5, 0.6) is 0 Å². The quantitative estimate of drug-likeness (QED) is 0.766. The topological polar surface area (TPSA) is 32.3 Å². The lowest BCUT2D eigenvalue weighted by molar-refractivity contribution is 0.0747. The molecule has 1 N–H and O–H groups in total. The highest BCUT2D eigenvalue weighted by Gasteiger charge is 2.31. The van der Waals surface area contributed by atoms with E-state index in [2.05, 4.69) is 5.32 Å². The molecule has 0 saturated carbocycles. The molecule has 2 aliphatic rings. The van der Waals surface area contributed by atoms with Gasteiger partial charge in [0.1, 0.15) is 5.82 Å². The molecular formula is C14H16FIN2O. The molecule has 3 rings (SSSR count). The molecule has 5 heteroatoms. The first-order valence-electron chi connectivity index (χ1n) is 6.64. The van der Waals surface area contributed by atoms with Crippen molar-refractivity contribution in [2.24, 2.45) is 0 Å². The molecule has 1 aromatic rings. The molecule has 0 radical (unpaired) electrons. The Balaban J connectivity index is 1.77. The zero-order chi connectivity index (χ0) is 13.4. The second kappa shape index (κ2) is 5.36. The van der Waals surface area contributed by atoms with Crippen molar-refractivity contribution >= 4 is 28.5 Å². The number of carbonyl (C=O) groups is 1. The number of likely N-dealkylation sites (tertiary alicyclic amines) is 1. The SMILES string of the molecule is O=C(c1ccc(I)c(F)c1)N1CCC2CCC(C1)N2. The van der Waals surface area contributed by atoms with Crippen molar-refractivity contribution in [3.8, 4) is 0 Å². The third kappa shape index (κ3) is 2.76. The zero-order valence-electron chi connectivity index (χ0n) is 10.5. The monoisotopic (exact) mass is 374 g/mol. The van der Waals surface area contributed by atoms with E-state index in [0.29, 0.717) is 21.2 Å². The largest absolute Gasteiger partial charge is 0.337 e. The molecule has 1 aromatic carbocycles. The molecule has 2 aliphatic heterocycles. The van der Waals surface area contributed by atoms with Crippen LogP contribution in [0, 0.1) is 9.39 Å².